The summed E-state index contributed by atoms with van der Waals surface area (Å²) < 4.78 is 0.860. The molecule has 1 heterocycles. The highest BCUT2D eigenvalue weighted by Crippen LogP contribution is 2.39. The molecule has 0 spiro atoms. The minimum absolute atomic E-state index is 0.113. The molecule has 4 N–H and O–H groups in total. The average molecular weight is 644 g/mol. The van der Waals surface area contributed by atoms with Crippen molar-refractivity contribution in [2.45, 2.75) is 76.6 Å². The van der Waals surface area contributed by atoms with Crippen LogP contribution in [0.4, 0.5) is 0 Å². The van der Waals surface area contributed by atoms with Crippen molar-refractivity contribution in [1.29, 1.82) is 0 Å². The maximum Gasteiger partial charge on any atom is 0.289 e. The molecule has 12 heteroatoms. The standard InChI is InChI=1S/C27H39BrN4O5S2/c1-4-29-27(37)25(35)21(15-18-9-11-19(28)12-10-18)31-26(36)24(17(2)3)32-23(34)16-30-22(33)8-6-5-7-20-13-14-38-39-20/h9-12,17,20-21,24H,4-8,13-16H2,1-3H3,(H,29,37)(H,30,33)(H,31,36)(H,32,34)/t20?,21-,24-/m0/s1. The van der Waals surface area contributed by atoms with Crippen LogP contribution in [-0.4, -0.2) is 65.6 Å². The van der Waals surface area contributed by atoms with Crippen LogP contribution in [0.15, 0.2) is 28.7 Å². The van der Waals surface area contributed by atoms with Gasteiger partial charge in [0.2, 0.25) is 23.5 Å². The number of amides is 4. The zero-order valence-corrected chi connectivity index (χ0v) is 25.9. The first kappa shape index (κ1) is 33.2. The van der Waals surface area contributed by atoms with Gasteiger partial charge in [-0.25, -0.2) is 0 Å². The molecule has 0 radical (unpaired) electrons. The molecule has 0 saturated carbocycles. The summed E-state index contributed by atoms with van der Waals surface area (Å²) in [5, 5.41) is 11.1. The van der Waals surface area contributed by atoms with Gasteiger partial charge in [-0.05, 0) is 49.8 Å². The number of likely N-dealkylation sites (N-methyl/N-ethyl adjacent to an activating group) is 1. The maximum atomic E-state index is 13.2. The van der Waals surface area contributed by atoms with Gasteiger partial charge < -0.3 is 21.3 Å². The summed E-state index contributed by atoms with van der Waals surface area (Å²) in [5.41, 5.74) is 0.759. The number of halogens is 1. The van der Waals surface area contributed by atoms with Gasteiger partial charge in [0.1, 0.15) is 12.1 Å². The zero-order valence-electron chi connectivity index (χ0n) is 22.7. The van der Waals surface area contributed by atoms with Crippen molar-refractivity contribution >= 4 is 66.9 Å². The summed E-state index contributed by atoms with van der Waals surface area (Å²) in [6.07, 6.45) is 4.53. The van der Waals surface area contributed by atoms with Gasteiger partial charge in [-0.1, -0.05) is 69.9 Å². The lowest BCUT2D eigenvalue weighted by Gasteiger charge is -2.25. The molecule has 1 aliphatic heterocycles. The van der Waals surface area contributed by atoms with Crippen LogP contribution in [0, 0.1) is 5.92 Å². The number of hydrogen-bond donors (Lipinski definition) is 4. The van der Waals surface area contributed by atoms with Gasteiger partial charge in [-0.2, -0.15) is 0 Å². The number of hydrogen-bond acceptors (Lipinski definition) is 7. The van der Waals surface area contributed by atoms with Crippen molar-refractivity contribution < 1.29 is 24.0 Å². The summed E-state index contributed by atoms with van der Waals surface area (Å²) >= 11 is 3.36. The molecular weight excluding hydrogens is 604 g/mol. The van der Waals surface area contributed by atoms with Gasteiger partial charge in [0.25, 0.3) is 5.91 Å². The van der Waals surface area contributed by atoms with Gasteiger partial charge in [-0.15, -0.1) is 0 Å². The van der Waals surface area contributed by atoms with Gasteiger partial charge in [-0.3, -0.25) is 24.0 Å². The van der Waals surface area contributed by atoms with Crippen LogP contribution in [0.2, 0.25) is 0 Å². The third kappa shape index (κ3) is 12.3. The molecule has 9 nitrogen and oxygen atoms in total. The molecule has 0 aromatic heterocycles. The smallest absolute Gasteiger partial charge is 0.289 e. The zero-order chi connectivity index (χ0) is 28.8. The van der Waals surface area contributed by atoms with Crippen molar-refractivity contribution in [1.82, 2.24) is 21.3 Å². The third-order valence-corrected chi connectivity index (χ3v) is 9.70. The maximum absolute atomic E-state index is 13.2. The Labute approximate surface area is 247 Å². The Morgan fingerprint density at radius 3 is 2.33 bits per heavy atom. The van der Waals surface area contributed by atoms with Gasteiger partial charge in [0.05, 0.1) is 6.54 Å². The van der Waals surface area contributed by atoms with Crippen molar-refractivity contribution in [3.8, 4) is 0 Å². The molecule has 3 atom stereocenters. The first-order chi connectivity index (χ1) is 18.6. The second-order valence-corrected chi connectivity index (χ2v) is 13.5. The molecular formula is C27H39BrN4O5S2. The van der Waals surface area contributed by atoms with E-state index in [1.54, 1.807) is 32.9 Å². The highest BCUT2D eigenvalue weighted by atomic mass is 79.9. The van der Waals surface area contributed by atoms with E-state index in [0.29, 0.717) is 11.7 Å². The van der Waals surface area contributed by atoms with Crippen molar-refractivity contribution in [3.05, 3.63) is 34.3 Å². The van der Waals surface area contributed by atoms with Crippen molar-refractivity contribution in [2.75, 3.05) is 18.8 Å². The Kier molecular flexibility index (Phi) is 15.0. The topological polar surface area (TPSA) is 133 Å². The first-order valence-corrected chi connectivity index (χ1v) is 16.5. The Hall–Kier alpha value is -2.05. The number of nitrogens with one attached hydrogen (secondary N) is 4. The lowest BCUT2D eigenvalue weighted by Crippen LogP contribution is -2.57. The van der Waals surface area contributed by atoms with Crippen molar-refractivity contribution in [3.63, 3.8) is 0 Å². The predicted molar refractivity (Wildman–Crippen MR) is 160 cm³/mol. The van der Waals surface area contributed by atoms with E-state index in [9.17, 15) is 24.0 Å². The summed E-state index contributed by atoms with van der Waals surface area (Å²) in [7, 11) is 3.83. The number of benzene rings is 1. The van der Waals surface area contributed by atoms with Crippen LogP contribution in [0.3, 0.4) is 0 Å². The van der Waals surface area contributed by atoms with Crippen LogP contribution in [0.1, 0.15) is 58.4 Å². The largest absolute Gasteiger partial charge is 0.350 e. The number of rotatable bonds is 16. The summed E-state index contributed by atoms with van der Waals surface area (Å²) in [4.78, 5) is 63.0. The molecule has 2 rings (SSSR count). The third-order valence-electron chi connectivity index (χ3n) is 6.17. The fourth-order valence-corrected chi connectivity index (χ4v) is 7.27. The molecule has 216 valence electrons. The highest BCUT2D eigenvalue weighted by molar-refractivity contribution is 9.10. The minimum atomic E-state index is -1.11. The molecule has 0 bridgehead atoms. The van der Waals surface area contributed by atoms with Gasteiger partial charge in [0.15, 0.2) is 0 Å². The van der Waals surface area contributed by atoms with Crippen LogP contribution < -0.4 is 21.3 Å². The highest BCUT2D eigenvalue weighted by Gasteiger charge is 2.31. The van der Waals surface area contributed by atoms with E-state index in [2.05, 4.69) is 37.2 Å². The molecule has 1 unspecified atom stereocenters. The number of carbonyl (C=O) groups is 5. The van der Waals surface area contributed by atoms with Crippen LogP contribution in [-0.2, 0) is 30.4 Å². The van der Waals surface area contributed by atoms with E-state index >= 15 is 0 Å². The average Bonchev–Trinajstić information content (AvgIpc) is 3.42. The van der Waals surface area contributed by atoms with E-state index in [0.717, 1.165) is 29.3 Å². The second-order valence-electron chi connectivity index (χ2n) is 9.76. The van der Waals surface area contributed by atoms with E-state index < -0.39 is 35.6 Å². The normalized spacial score (nSPS) is 16.3. The molecule has 1 aromatic rings. The van der Waals surface area contributed by atoms with E-state index in [1.807, 2.05) is 33.7 Å². The van der Waals surface area contributed by atoms with E-state index in [1.165, 1.54) is 12.2 Å². The van der Waals surface area contributed by atoms with Gasteiger partial charge >= 0.3 is 0 Å². The lowest BCUT2D eigenvalue weighted by atomic mass is 9.99. The Morgan fingerprint density at radius 1 is 1.00 bits per heavy atom. The number of unbranched alkanes of at least 4 members (excludes halogenated alkanes) is 1. The van der Waals surface area contributed by atoms with Crippen LogP contribution in [0.5, 0.6) is 0 Å². The SMILES string of the molecule is CCNC(=O)C(=O)[C@H](Cc1ccc(Br)cc1)NC(=O)[C@@H](NC(=O)CNC(=O)CCCCC1CCSS1)C(C)C. The molecule has 1 aliphatic rings. The summed E-state index contributed by atoms with van der Waals surface area (Å²) in [6, 6.07) is 5.15. The van der Waals surface area contributed by atoms with E-state index in [4.69, 9.17) is 0 Å². The number of carbonyl (C=O) groups excluding carboxylic acids is 5. The quantitative estimate of drug-likeness (QED) is 0.124. The molecule has 1 aromatic carbocycles. The Bertz CT molecular complexity index is 987. The first-order valence-electron chi connectivity index (χ1n) is 13.3. The Morgan fingerprint density at radius 2 is 1.72 bits per heavy atom. The lowest BCUT2D eigenvalue weighted by molar-refractivity contribution is -0.140. The van der Waals surface area contributed by atoms with E-state index in [-0.39, 0.29) is 31.3 Å². The summed E-state index contributed by atoms with van der Waals surface area (Å²) in [5.74, 6) is -1.94. The Balaban J connectivity index is 1.90. The summed E-state index contributed by atoms with van der Waals surface area (Å²) in [6.45, 7) is 5.26. The molecule has 0 aliphatic carbocycles. The number of Topliss-reactive ketones (excluding diaryl/α,β-unsaturated/α-hetero) is 1. The van der Waals surface area contributed by atoms with Crippen LogP contribution >= 0.6 is 37.5 Å². The minimum Gasteiger partial charge on any atom is -0.350 e. The fraction of sp³-hybridized carbons (Fsp3) is 0.593. The fourth-order valence-electron chi connectivity index (χ4n) is 3.98. The molecule has 1 fully saturated rings. The molecule has 39 heavy (non-hydrogen) atoms. The molecule has 4 amide bonds. The predicted octanol–water partition coefficient (Wildman–Crippen LogP) is 3.15. The van der Waals surface area contributed by atoms with Crippen LogP contribution in [0.25, 0.3) is 0 Å². The monoisotopic (exact) mass is 642 g/mol. The molecule has 1 saturated heterocycles. The van der Waals surface area contributed by atoms with Gasteiger partial charge in [0, 0.05) is 34.9 Å². The number of ketones is 1. The van der Waals surface area contributed by atoms with Crippen molar-refractivity contribution in [2.24, 2.45) is 5.92 Å². The second kappa shape index (κ2) is 17.6.